The highest BCUT2D eigenvalue weighted by Gasteiger charge is 2.35. The molecule has 2 aromatic carbocycles. The average Bonchev–Trinajstić information content (AvgIpc) is 2.72. The van der Waals surface area contributed by atoms with Crippen LogP contribution in [0.5, 0.6) is 5.75 Å². The van der Waals surface area contributed by atoms with Crippen LogP contribution in [0.4, 0.5) is 0 Å². The lowest BCUT2D eigenvalue weighted by molar-refractivity contribution is -0.116. The number of thioether (sulfide) groups is 1. The van der Waals surface area contributed by atoms with E-state index in [4.69, 9.17) is 14.8 Å². The third-order valence-corrected chi connectivity index (χ3v) is 5.52. The fraction of sp³-hybridized carbons (Fsp3) is 0.286. The number of fused-ring (bicyclic) bond motifs is 2. The number of carbonyl (C=O) groups is 1. The molecule has 1 atom stereocenters. The van der Waals surface area contributed by atoms with Gasteiger partial charge in [0.1, 0.15) is 11.4 Å². The average molecular weight is 395 g/mol. The van der Waals surface area contributed by atoms with E-state index in [2.05, 4.69) is 12.2 Å². The second-order valence-corrected chi connectivity index (χ2v) is 7.48. The maximum absolute atomic E-state index is 13.0. The minimum Gasteiger partial charge on any atom is -0.493 e. The van der Waals surface area contributed by atoms with Crippen molar-refractivity contribution in [2.24, 2.45) is 10.1 Å². The van der Waals surface area contributed by atoms with E-state index < -0.39 is 6.17 Å². The van der Waals surface area contributed by atoms with E-state index in [1.165, 1.54) is 11.8 Å². The summed E-state index contributed by atoms with van der Waals surface area (Å²) >= 11 is 1.54. The lowest BCUT2D eigenvalue weighted by atomic mass is 10.1. The lowest BCUT2D eigenvalue weighted by Crippen LogP contribution is -2.50. The van der Waals surface area contributed by atoms with Crippen molar-refractivity contribution in [3.63, 3.8) is 0 Å². The second kappa shape index (κ2) is 8.06. The van der Waals surface area contributed by atoms with Crippen LogP contribution in [0.15, 0.2) is 58.6 Å². The standard InChI is InChI=1S/C21H22N4O2S/c1-3-13-28-21-23-20(26)18-14-9-5-7-11-16(14)22-19(25(18)24-21)15-10-6-8-12-17(15)27-4-2/h5-12,19H,3-4,13H2,1-2H3,(H,23,24,26). The van der Waals surface area contributed by atoms with Crippen LogP contribution in [0.25, 0.3) is 5.70 Å². The summed E-state index contributed by atoms with van der Waals surface area (Å²) in [5, 5.41) is 11.6. The minimum absolute atomic E-state index is 0.158. The zero-order chi connectivity index (χ0) is 19.5. The number of rotatable bonds is 5. The van der Waals surface area contributed by atoms with Crippen LogP contribution in [0.3, 0.4) is 0 Å². The van der Waals surface area contributed by atoms with Gasteiger partial charge in [-0.3, -0.25) is 15.1 Å². The molecule has 2 aliphatic heterocycles. The summed E-state index contributed by atoms with van der Waals surface area (Å²) < 4.78 is 5.83. The highest BCUT2D eigenvalue weighted by atomic mass is 32.2. The molecule has 2 aliphatic rings. The van der Waals surface area contributed by atoms with Crippen molar-refractivity contribution in [1.82, 2.24) is 10.3 Å². The molecule has 0 fully saturated rings. The Bertz CT molecular complexity index is 1050. The zero-order valence-electron chi connectivity index (χ0n) is 15.9. The van der Waals surface area contributed by atoms with E-state index in [-0.39, 0.29) is 5.91 Å². The Morgan fingerprint density at radius 1 is 1.14 bits per heavy atom. The number of ether oxygens (including phenoxy) is 1. The fourth-order valence-electron chi connectivity index (χ4n) is 3.27. The summed E-state index contributed by atoms with van der Waals surface area (Å²) in [6, 6.07) is 15.5. The van der Waals surface area contributed by atoms with Crippen molar-refractivity contribution in [2.75, 3.05) is 12.4 Å². The molecule has 4 rings (SSSR count). The highest BCUT2D eigenvalue weighted by Crippen LogP contribution is 2.35. The molecule has 0 radical (unpaired) electrons. The Morgan fingerprint density at radius 3 is 2.75 bits per heavy atom. The second-order valence-electron chi connectivity index (χ2n) is 6.39. The van der Waals surface area contributed by atoms with E-state index in [1.807, 2.05) is 55.5 Å². The molecule has 0 aliphatic carbocycles. The summed E-state index contributed by atoms with van der Waals surface area (Å²) in [4.78, 5) is 17.9. The number of hydrazone groups is 1. The largest absolute Gasteiger partial charge is 0.493 e. The number of hydrogen-bond acceptors (Lipinski definition) is 6. The number of benzene rings is 2. The van der Waals surface area contributed by atoms with Crippen molar-refractivity contribution < 1.29 is 9.53 Å². The number of carbonyl (C=O) groups excluding carboxylic acids is 1. The summed E-state index contributed by atoms with van der Waals surface area (Å²) in [6.07, 6.45) is 0.538. The number of hydrogen-bond donors (Lipinski definition) is 1. The van der Waals surface area contributed by atoms with Gasteiger partial charge in [0.15, 0.2) is 11.3 Å². The van der Waals surface area contributed by atoms with Crippen molar-refractivity contribution >= 4 is 28.5 Å². The van der Waals surface area contributed by atoms with Crippen LogP contribution in [0.1, 0.15) is 32.0 Å². The number of nitrogens with one attached hydrogen (secondary N) is 1. The van der Waals surface area contributed by atoms with Gasteiger partial charge in [0.2, 0.25) is 0 Å². The molecular weight excluding hydrogens is 372 g/mol. The van der Waals surface area contributed by atoms with Crippen molar-refractivity contribution in [2.45, 2.75) is 26.4 Å². The van der Waals surface area contributed by atoms with Gasteiger partial charge in [0, 0.05) is 16.5 Å². The van der Waals surface area contributed by atoms with Crippen LogP contribution >= 0.6 is 11.8 Å². The summed E-state index contributed by atoms with van der Waals surface area (Å²) in [5.74, 6) is 1.48. The maximum Gasteiger partial charge on any atom is 0.276 e. The molecule has 6 nitrogen and oxygen atoms in total. The van der Waals surface area contributed by atoms with Gasteiger partial charge in [-0.25, -0.2) is 5.01 Å². The lowest BCUT2D eigenvalue weighted by Gasteiger charge is -2.34. The van der Waals surface area contributed by atoms with Gasteiger partial charge in [-0.05, 0) is 25.5 Å². The Kier molecular flexibility index (Phi) is 5.34. The Balaban J connectivity index is 1.90. The van der Waals surface area contributed by atoms with Gasteiger partial charge < -0.3 is 4.74 Å². The monoisotopic (exact) mass is 394 g/mol. The third-order valence-electron chi connectivity index (χ3n) is 4.46. The third kappa shape index (κ3) is 3.38. The van der Waals surface area contributed by atoms with Crippen LogP contribution in [0, 0.1) is 0 Å². The SMILES string of the molecule is CCCSC1=NN2C(=c3ccccc3=NC2c2ccccc2OCC)C(=O)N1. The molecule has 7 heteroatoms. The van der Waals surface area contributed by atoms with E-state index in [9.17, 15) is 4.79 Å². The number of amides is 1. The number of amidine groups is 1. The van der Waals surface area contributed by atoms with Crippen LogP contribution in [-0.4, -0.2) is 28.4 Å². The molecule has 1 N–H and O–H groups in total. The molecule has 0 aromatic heterocycles. The van der Waals surface area contributed by atoms with E-state index in [1.54, 1.807) is 5.01 Å². The molecule has 0 bridgehead atoms. The minimum atomic E-state index is -0.462. The molecule has 144 valence electrons. The summed E-state index contributed by atoms with van der Waals surface area (Å²) in [6.45, 7) is 4.61. The van der Waals surface area contributed by atoms with Gasteiger partial charge in [0.25, 0.3) is 5.91 Å². The Morgan fingerprint density at radius 2 is 1.93 bits per heavy atom. The number of para-hydroxylation sites is 2. The van der Waals surface area contributed by atoms with Crippen LogP contribution < -0.4 is 20.6 Å². The van der Waals surface area contributed by atoms with Crippen molar-refractivity contribution in [1.29, 1.82) is 0 Å². The molecule has 0 spiro atoms. The number of nitrogens with zero attached hydrogens (tertiary/aromatic N) is 3. The summed E-state index contributed by atoms with van der Waals surface area (Å²) in [7, 11) is 0. The van der Waals surface area contributed by atoms with Gasteiger partial charge in [-0.1, -0.05) is 55.1 Å². The topological polar surface area (TPSA) is 66.3 Å². The highest BCUT2D eigenvalue weighted by molar-refractivity contribution is 8.13. The molecule has 2 aromatic rings. The molecule has 0 saturated carbocycles. The maximum atomic E-state index is 13.0. The van der Waals surface area contributed by atoms with Gasteiger partial charge >= 0.3 is 0 Å². The van der Waals surface area contributed by atoms with Crippen LogP contribution in [-0.2, 0) is 4.79 Å². The predicted octanol–water partition coefficient (Wildman–Crippen LogP) is 2.37. The molecular formula is C21H22N4O2S. The summed E-state index contributed by atoms with van der Waals surface area (Å²) in [5.41, 5.74) is 1.40. The molecule has 28 heavy (non-hydrogen) atoms. The van der Waals surface area contributed by atoms with E-state index >= 15 is 0 Å². The first-order chi connectivity index (χ1) is 13.7. The molecule has 0 saturated heterocycles. The van der Waals surface area contributed by atoms with E-state index in [0.29, 0.717) is 17.5 Å². The first-order valence-electron chi connectivity index (χ1n) is 9.43. The van der Waals surface area contributed by atoms with Gasteiger partial charge in [-0.2, -0.15) is 0 Å². The Labute approximate surface area is 168 Å². The predicted molar refractivity (Wildman–Crippen MR) is 111 cm³/mol. The normalized spacial score (nSPS) is 17.9. The first-order valence-corrected chi connectivity index (χ1v) is 10.4. The molecule has 2 heterocycles. The smallest absolute Gasteiger partial charge is 0.276 e. The Hall–Kier alpha value is -2.80. The zero-order valence-corrected chi connectivity index (χ0v) is 16.7. The first kappa shape index (κ1) is 18.6. The van der Waals surface area contributed by atoms with Gasteiger partial charge in [0.05, 0.1) is 12.0 Å². The van der Waals surface area contributed by atoms with Gasteiger partial charge in [-0.15, -0.1) is 5.10 Å². The molecule has 1 amide bonds. The van der Waals surface area contributed by atoms with Crippen molar-refractivity contribution in [3.8, 4) is 5.75 Å². The van der Waals surface area contributed by atoms with Crippen LogP contribution in [0.2, 0.25) is 0 Å². The van der Waals surface area contributed by atoms with E-state index in [0.717, 1.165) is 34.1 Å². The fourth-order valence-corrected chi connectivity index (χ4v) is 3.98. The molecule has 1 unspecified atom stereocenters. The van der Waals surface area contributed by atoms with Crippen molar-refractivity contribution in [3.05, 3.63) is 64.7 Å². The quantitative estimate of drug-likeness (QED) is 0.846.